The first-order valence-corrected chi connectivity index (χ1v) is 24.7. The Morgan fingerprint density at radius 2 is 0.625 bits per heavy atom. The molecule has 13 aromatic rings. The van der Waals surface area contributed by atoms with Crippen LogP contribution < -0.4 is 4.90 Å². The van der Waals surface area contributed by atoms with E-state index in [1.165, 1.54) is 88.2 Å². The van der Waals surface area contributed by atoms with Gasteiger partial charge in [0.25, 0.3) is 0 Å². The summed E-state index contributed by atoms with van der Waals surface area (Å²) >= 11 is 0. The molecule has 0 N–H and O–H groups in total. The fourth-order valence-corrected chi connectivity index (χ4v) is 10.6. The molecular formula is C70H48N2. The summed E-state index contributed by atoms with van der Waals surface area (Å²) in [5.74, 6) is 0. The maximum absolute atomic E-state index is 2.46. The van der Waals surface area contributed by atoms with Crippen LogP contribution in [0.5, 0.6) is 0 Å². The molecule has 1 aromatic heterocycles. The summed E-state index contributed by atoms with van der Waals surface area (Å²) in [5, 5.41) is 4.93. The topological polar surface area (TPSA) is 8.17 Å². The molecule has 13 rings (SSSR count). The van der Waals surface area contributed by atoms with Crippen LogP contribution in [0.4, 0.5) is 17.1 Å². The maximum Gasteiger partial charge on any atom is 0.0541 e. The van der Waals surface area contributed by atoms with E-state index >= 15 is 0 Å². The van der Waals surface area contributed by atoms with Gasteiger partial charge in [0.2, 0.25) is 0 Å². The Morgan fingerprint density at radius 3 is 1.19 bits per heavy atom. The van der Waals surface area contributed by atoms with Gasteiger partial charge in [0.15, 0.2) is 0 Å². The Balaban J connectivity index is 0.931. The highest BCUT2D eigenvalue weighted by molar-refractivity contribution is 6.12. The lowest BCUT2D eigenvalue weighted by atomic mass is 9.98. The molecule has 0 atom stereocenters. The van der Waals surface area contributed by atoms with Gasteiger partial charge >= 0.3 is 0 Å². The van der Waals surface area contributed by atoms with E-state index in [0.29, 0.717) is 0 Å². The highest BCUT2D eigenvalue weighted by atomic mass is 15.1. The first-order chi connectivity index (χ1) is 35.7. The van der Waals surface area contributed by atoms with Gasteiger partial charge in [-0.05, 0) is 151 Å². The lowest BCUT2D eigenvalue weighted by Crippen LogP contribution is -2.10. The molecule has 0 aliphatic rings. The lowest BCUT2D eigenvalue weighted by Gasteiger charge is -2.27. The average Bonchev–Trinajstić information content (AvgIpc) is 3.79. The van der Waals surface area contributed by atoms with Crippen molar-refractivity contribution in [1.29, 1.82) is 0 Å². The second-order valence-corrected chi connectivity index (χ2v) is 18.5. The number of rotatable bonds is 10. The van der Waals surface area contributed by atoms with Crippen molar-refractivity contribution in [3.05, 3.63) is 291 Å². The van der Waals surface area contributed by atoms with E-state index in [2.05, 4.69) is 301 Å². The van der Waals surface area contributed by atoms with Crippen molar-refractivity contribution in [3.8, 4) is 72.4 Å². The third kappa shape index (κ3) is 8.01. The van der Waals surface area contributed by atoms with Crippen molar-refractivity contribution in [2.45, 2.75) is 0 Å². The number of benzene rings is 12. The quantitative estimate of drug-likeness (QED) is 0.133. The molecule has 2 nitrogen and oxygen atoms in total. The fourth-order valence-electron chi connectivity index (χ4n) is 10.6. The zero-order valence-corrected chi connectivity index (χ0v) is 39.6. The van der Waals surface area contributed by atoms with E-state index in [4.69, 9.17) is 0 Å². The first kappa shape index (κ1) is 42.6. The van der Waals surface area contributed by atoms with Crippen LogP contribution >= 0.6 is 0 Å². The van der Waals surface area contributed by atoms with E-state index in [0.717, 1.165) is 33.9 Å². The molecule has 0 unspecified atom stereocenters. The van der Waals surface area contributed by atoms with Crippen molar-refractivity contribution >= 4 is 49.6 Å². The van der Waals surface area contributed by atoms with Crippen LogP contribution in [0, 0.1) is 0 Å². The molecule has 0 aliphatic heterocycles. The van der Waals surface area contributed by atoms with Crippen LogP contribution in [0.2, 0.25) is 0 Å². The summed E-state index contributed by atoms with van der Waals surface area (Å²) in [6.07, 6.45) is 0. The molecule has 0 saturated carbocycles. The van der Waals surface area contributed by atoms with Gasteiger partial charge in [0.05, 0.1) is 16.7 Å². The van der Waals surface area contributed by atoms with E-state index in [1.807, 2.05) is 0 Å². The van der Waals surface area contributed by atoms with E-state index in [1.54, 1.807) is 0 Å². The molecule has 0 saturated heterocycles. The molecule has 12 aromatic carbocycles. The minimum Gasteiger partial charge on any atom is -0.310 e. The number of nitrogens with zero attached hydrogens (tertiary/aromatic N) is 2. The van der Waals surface area contributed by atoms with Crippen molar-refractivity contribution in [2.75, 3.05) is 4.90 Å². The summed E-state index contributed by atoms with van der Waals surface area (Å²) in [7, 11) is 0. The van der Waals surface area contributed by atoms with Crippen molar-refractivity contribution in [3.63, 3.8) is 0 Å². The number of hydrogen-bond acceptors (Lipinski definition) is 1. The van der Waals surface area contributed by atoms with E-state index < -0.39 is 0 Å². The summed E-state index contributed by atoms with van der Waals surface area (Å²) in [6.45, 7) is 0. The molecule has 0 bridgehead atoms. The summed E-state index contributed by atoms with van der Waals surface area (Å²) < 4.78 is 2.46. The Hall–Kier alpha value is -9.50. The maximum atomic E-state index is 2.46. The van der Waals surface area contributed by atoms with Gasteiger partial charge in [0, 0.05) is 33.4 Å². The number of aromatic nitrogens is 1. The zero-order chi connectivity index (χ0) is 47.8. The van der Waals surface area contributed by atoms with Gasteiger partial charge in [0.1, 0.15) is 0 Å². The smallest absolute Gasteiger partial charge is 0.0541 e. The molecular weight excluding hydrogens is 869 g/mol. The molecule has 1 heterocycles. The molecule has 0 fully saturated rings. The van der Waals surface area contributed by atoms with Crippen LogP contribution in [0.3, 0.4) is 0 Å². The zero-order valence-electron chi connectivity index (χ0n) is 39.6. The third-order valence-corrected chi connectivity index (χ3v) is 14.2. The summed E-state index contributed by atoms with van der Waals surface area (Å²) in [5.41, 5.74) is 20.9. The monoisotopic (exact) mass is 916 g/mol. The second kappa shape index (κ2) is 18.4. The second-order valence-electron chi connectivity index (χ2n) is 18.5. The molecule has 0 aliphatic carbocycles. The van der Waals surface area contributed by atoms with Crippen LogP contribution in [0.15, 0.2) is 291 Å². The largest absolute Gasteiger partial charge is 0.310 e. The summed E-state index contributed by atoms with van der Waals surface area (Å²) in [4.78, 5) is 2.39. The van der Waals surface area contributed by atoms with Crippen molar-refractivity contribution in [2.24, 2.45) is 0 Å². The van der Waals surface area contributed by atoms with Crippen LogP contribution in [-0.2, 0) is 0 Å². The van der Waals surface area contributed by atoms with Gasteiger partial charge in [-0.2, -0.15) is 0 Å². The Kier molecular flexibility index (Phi) is 10.9. The Labute approximate surface area is 420 Å². The van der Waals surface area contributed by atoms with Gasteiger partial charge in [-0.3, -0.25) is 0 Å². The average molecular weight is 917 g/mol. The normalized spacial score (nSPS) is 11.3. The molecule has 0 spiro atoms. The van der Waals surface area contributed by atoms with Gasteiger partial charge in [-0.25, -0.2) is 0 Å². The van der Waals surface area contributed by atoms with Gasteiger partial charge < -0.3 is 9.47 Å². The molecule has 0 radical (unpaired) electrons. The number of para-hydroxylation sites is 1. The lowest BCUT2D eigenvalue weighted by molar-refractivity contribution is 1.18. The van der Waals surface area contributed by atoms with Crippen LogP contribution in [-0.4, -0.2) is 4.57 Å². The summed E-state index contributed by atoms with van der Waals surface area (Å²) in [6, 6.07) is 106. The van der Waals surface area contributed by atoms with Crippen LogP contribution in [0.25, 0.3) is 105 Å². The predicted octanol–water partition coefficient (Wildman–Crippen LogP) is 19.4. The molecule has 0 amide bonds. The SMILES string of the molecule is c1ccc(-c2cccc(-c3ccc(N(c4ccc(-c5ccc6ccccc6c5)cc4)c4cccc(-c5ccccc5-n5c6ccc(-c7ccccc7)cc6c6cc(-c7ccccc7)ccc65)c4)cc3)c2)cc1. The Bertz CT molecular complexity index is 3960. The standard InChI is InChI=1S/C70H48N2/c1-4-16-49(17-5-1)56-24-14-25-57(44-56)53-32-38-62(39-33-53)71(63-40-34-54(35-41-63)58-31-30-52-22-10-11-23-55(52)45-58)64-27-15-26-61(46-64)65-28-12-13-29-68(65)72-69-42-36-59(50-18-6-2-7-19-50)47-66(69)67-48-60(37-43-70(67)72)51-20-8-3-9-21-51/h1-48H. The number of hydrogen-bond donors (Lipinski definition) is 0. The number of anilines is 3. The fraction of sp³-hybridized carbons (Fsp3) is 0. The van der Waals surface area contributed by atoms with Crippen molar-refractivity contribution in [1.82, 2.24) is 4.57 Å². The molecule has 2 heteroatoms. The predicted molar refractivity (Wildman–Crippen MR) is 306 cm³/mol. The minimum atomic E-state index is 1.07. The first-order valence-electron chi connectivity index (χ1n) is 24.7. The highest BCUT2D eigenvalue weighted by Gasteiger charge is 2.20. The van der Waals surface area contributed by atoms with Gasteiger partial charge in [-0.1, -0.05) is 212 Å². The minimum absolute atomic E-state index is 1.07. The van der Waals surface area contributed by atoms with E-state index in [9.17, 15) is 0 Å². The van der Waals surface area contributed by atoms with E-state index in [-0.39, 0.29) is 0 Å². The Morgan fingerprint density at radius 1 is 0.222 bits per heavy atom. The number of fused-ring (bicyclic) bond motifs is 4. The van der Waals surface area contributed by atoms with Crippen LogP contribution in [0.1, 0.15) is 0 Å². The molecule has 72 heavy (non-hydrogen) atoms. The van der Waals surface area contributed by atoms with Gasteiger partial charge in [-0.15, -0.1) is 0 Å². The van der Waals surface area contributed by atoms with Crippen molar-refractivity contribution < 1.29 is 0 Å². The third-order valence-electron chi connectivity index (χ3n) is 14.2. The molecule has 338 valence electrons. The highest BCUT2D eigenvalue weighted by Crippen LogP contribution is 2.43.